The molecule has 0 heterocycles. The second-order valence-electron chi connectivity index (χ2n) is 22.3. The summed E-state index contributed by atoms with van der Waals surface area (Å²) in [6, 6.07) is 91.2. The summed E-state index contributed by atoms with van der Waals surface area (Å²) < 4.78 is 0. The highest BCUT2D eigenvalue weighted by Crippen LogP contribution is 2.49. The molecule has 12 aromatic rings. The molecule has 0 saturated carbocycles. The van der Waals surface area contributed by atoms with Gasteiger partial charge in [-0.3, -0.25) is 0 Å². The van der Waals surface area contributed by atoms with Crippen molar-refractivity contribution in [3.05, 3.63) is 276 Å². The van der Waals surface area contributed by atoms with E-state index in [9.17, 15) is 0 Å². The smallest absolute Gasteiger partial charge is 0.0546 e. The summed E-state index contributed by atoms with van der Waals surface area (Å²) in [4.78, 5) is 4.97. The van der Waals surface area contributed by atoms with Crippen molar-refractivity contribution >= 4 is 66.4 Å². The quantitative estimate of drug-likeness (QED) is 0.100. The zero-order chi connectivity index (χ0) is 55.0. The number of aryl methyl sites for hydroxylation is 4. The maximum atomic E-state index is 2.48. The predicted octanol–water partition coefficient (Wildman–Crippen LogP) is 23.0. The van der Waals surface area contributed by atoms with Crippen LogP contribution in [-0.4, -0.2) is 0 Å². The molecule has 2 heteroatoms. The first-order valence-corrected chi connectivity index (χ1v) is 28.8. The van der Waals surface area contributed by atoms with Crippen LogP contribution in [0, 0.1) is 27.7 Å². The van der Waals surface area contributed by atoms with Gasteiger partial charge in [0.1, 0.15) is 0 Å². The van der Waals surface area contributed by atoms with Crippen LogP contribution in [0.25, 0.3) is 76.8 Å². The Morgan fingerprint density at radius 2 is 0.550 bits per heavy atom. The van der Waals surface area contributed by atoms with E-state index in [0.29, 0.717) is 11.8 Å². The molecule has 12 rings (SSSR count). The zero-order valence-electron chi connectivity index (χ0n) is 47.6. The van der Waals surface area contributed by atoms with Crippen molar-refractivity contribution < 1.29 is 0 Å². The van der Waals surface area contributed by atoms with Crippen molar-refractivity contribution in [2.24, 2.45) is 0 Å². The van der Waals surface area contributed by atoms with Crippen molar-refractivity contribution in [1.29, 1.82) is 0 Å². The average Bonchev–Trinajstić information content (AvgIpc) is 3.55. The molecule has 0 saturated heterocycles. The Morgan fingerprint density at radius 1 is 0.275 bits per heavy atom. The fourth-order valence-corrected chi connectivity index (χ4v) is 12.0. The third kappa shape index (κ3) is 9.96. The Bertz CT molecular complexity index is 3900. The van der Waals surface area contributed by atoms with Gasteiger partial charge in [0.15, 0.2) is 0 Å². The Balaban J connectivity index is 0.952. The lowest BCUT2D eigenvalue weighted by atomic mass is 9.92. The van der Waals surface area contributed by atoms with Gasteiger partial charge in [0.05, 0.1) is 11.4 Å². The Hall–Kier alpha value is -8.98. The van der Waals surface area contributed by atoms with Gasteiger partial charge in [0, 0.05) is 33.5 Å². The molecule has 2 atom stereocenters. The van der Waals surface area contributed by atoms with Gasteiger partial charge in [-0.05, 0) is 189 Å². The highest BCUT2D eigenvalue weighted by Gasteiger charge is 2.24. The summed E-state index contributed by atoms with van der Waals surface area (Å²) in [5.74, 6) is 1.13. The number of rotatable bonds is 14. The van der Waals surface area contributed by atoms with Crippen molar-refractivity contribution in [2.75, 3.05) is 9.80 Å². The predicted molar refractivity (Wildman–Crippen MR) is 346 cm³/mol. The average molecular weight is 1040 g/mol. The standard InChI is InChI=1S/C78H70N2/c1-9-53(5)57-21-25-59(26-22-57)61-29-33-63(34-30-61)65-37-41-67(42-38-65)79(75-45-19-51(3)47-55(75)7)77-49-73-70-16-12-14-18-72(70)78(50-74(73)69-15-11-13-17-71(69)77)80(76-46-20-52(4)48-56(76)8)68-43-39-66(40-44-68)64-35-31-62(32-36-64)60-27-23-58(24-28-60)54(6)10-2/h11-50,53-54H,9-10H2,1-8H3. The Labute approximate surface area is 474 Å². The van der Waals surface area contributed by atoms with Crippen molar-refractivity contribution in [1.82, 2.24) is 0 Å². The topological polar surface area (TPSA) is 6.48 Å². The second-order valence-corrected chi connectivity index (χ2v) is 22.3. The van der Waals surface area contributed by atoms with Crippen LogP contribution in [0.5, 0.6) is 0 Å². The molecule has 0 N–H and O–H groups in total. The van der Waals surface area contributed by atoms with E-state index in [2.05, 4.69) is 308 Å². The van der Waals surface area contributed by atoms with E-state index in [1.54, 1.807) is 0 Å². The molecule has 12 aromatic carbocycles. The van der Waals surface area contributed by atoms with Crippen LogP contribution in [-0.2, 0) is 0 Å². The van der Waals surface area contributed by atoms with Gasteiger partial charge in [0.2, 0.25) is 0 Å². The fourth-order valence-electron chi connectivity index (χ4n) is 12.0. The molecule has 0 bridgehead atoms. The molecule has 2 nitrogen and oxygen atoms in total. The first-order chi connectivity index (χ1) is 39.0. The van der Waals surface area contributed by atoms with Crippen LogP contribution in [0.1, 0.15) is 85.8 Å². The summed E-state index contributed by atoms with van der Waals surface area (Å²) in [7, 11) is 0. The third-order valence-corrected chi connectivity index (χ3v) is 17.0. The monoisotopic (exact) mass is 1030 g/mol. The minimum atomic E-state index is 0.565. The number of benzene rings is 12. The minimum Gasteiger partial charge on any atom is -0.310 e. The molecule has 0 radical (unpaired) electrons. The largest absolute Gasteiger partial charge is 0.310 e. The summed E-state index contributed by atoms with van der Waals surface area (Å²) in [6.07, 6.45) is 2.29. The van der Waals surface area contributed by atoms with Crippen LogP contribution in [0.3, 0.4) is 0 Å². The highest BCUT2D eigenvalue weighted by molar-refractivity contribution is 6.24. The molecule has 0 aliphatic carbocycles. The molecule has 0 aliphatic rings. The van der Waals surface area contributed by atoms with Crippen LogP contribution in [0.15, 0.2) is 243 Å². The van der Waals surface area contributed by atoms with Gasteiger partial charge in [0.25, 0.3) is 0 Å². The molecule has 0 spiro atoms. The number of nitrogens with zero attached hydrogens (tertiary/aromatic N) is 2. The first-order valence-electron chi connectivity index (χ1n) is 28.8. The van der Waals surface area contributed by atoms with Crippen molar-refractivity contribution in [3.8, 4) is 44.5 Å². The SMILES string of the molecule is CCC(C)c1ccc(-c2ccc(-c3ccc(N(c4ccc(C)cc4C)c4cc5c6ccccc6c(N(c6ccc(-c7ccc(-c8ccc(C(C)CC)cc8)cc7)cc6)c6ccc(C)cc6C)cc5c5ccccc45)cc3)cc2)cc1. The minimum absolute atomic E-state index is 0.565. The van der Waals surface area contributed by atoms with E-state index in [1.165, 1.54) is 110 Å². The number of fused-ring (bicyclic) bond motifs is 5. The van der Waals surface area contributed by atoms with Gasteiger partial charge in [-0.15, -0.1) is 0 Å². The van der Waals surface area contributed by atoms with Crippen molar-refractivity contribution in [2.45, 2.75) is 80.1 Å². The molecule has 0 aliphatic heterocycles. The third-order valence-electron chi connectivity index (χ3n) is 17.0. The van der Waals surface area contributed by atoms with Crippen molar-refractivity contribution in [3.63, 3.8) is 0 Å². The molecule has 392 valence electrons. The van der Waals surface area contributed by atoms with Crippen LogP contribution in [0.2, 0.25) is 0 Å². The zero-order valence-corrected chi connectivity index (χ0v) is 47.6. The summed E-state index contributed by atoms with van der Waals surface area (Å²) in [5, 5.41) is 7.22. The van der Waals surface area contributed by atoms with Gasteiger partial charge in [-0.2, -0.15) is 0 Å². The van der Waals surface area contributed by atoms with Crippen LogP contribution < -0.4 is 9.80 Å². The summed E-state index contributed by atoms with van der Waals surface area (Å²) in [6.45, 7) is 18.0. The van der Waals surface area contributed by atoms with E-state index in [0.717, 1.165) is 47.0 Å². The molecule has 80 heavy (non-hydrogen) atoms. The van der Waals surface area contributed by atoms with Crippen LogP contribution >= 0.6 is 0 Å². The van der Waals surface area contributed by atoms with E-state index < -0.39 is 0 Å². The lowest BCUT2D eigenvalue weighted by molar-refractivity contribution is 0.734. The highest BCUT2D eigenvalue weighted by atomic mass is 15.2. The number of hydrogen-bond donors (Lipinski definition) is 0. The lowest BCUT2D eigenvalue weighted by Crippen LogP contribution is -2.13. The van der Waals surface area contributed by atoms with Gasteiger partial charge < -0.3 is 9.80 Å². The van der Waals surface area contributed by atoms with Gasteiger partial charge in [-0.1, -0.05) is 233 Å². The van der Waals surface area contributed by atoms with E-state index >= 15 is 0 Å². The molecule has 0 aromatic heterocycles. The van der Waals surface area contributed by atoms with Gasteiger partial charge >= 0.3 is 0 Å². The molecule has 0 amide bonds. The molecular formula is C78H70N2. The fraction of sp³-hybridized carbons (Fsp3) is 0.154. The van der Waals surface area contributed by atoms with E-state index in [4.69, 9.17) is 0 Å². The Morgan fingerprint density at radius 3 is 0.838 bits per heavy atom. The maximum absolute atomic E-state index is 2.48. The molecule has 0 fully saturated rings. The first kappa shape index (κ1) is 51.8. The van der Waals surface area contributed by atoms with Gasteiger partial charge in [-0.25, -0.2) is 0 Å². The molecule has 2 unspecified atom stereocenters. The summed E-state index contributed by atoms with van der Waals surface area (Å²) in [5.41, 5.74) is 24.3. The number of anilines is 6. The Kier molecular flexibility index (Phi) is 14.3. The molecular weight excluding hydrogens is 965 g/mol. The normalized spacial score (nSPS) is 12.2. The van der Waals surface area contributed by atoms with E-state index in [-0.39, 0.29) is 0 Å². The lowest BCUT2D eigenvalue weighted by Gasteiger charge is -2.31. The van der Waals surface area contributed by atoms with Crippen LogP contribution in [0.4, 0.5) is 34.1 Å². The second kappa shape index (κ2) is 22.0. The summed E-state index contributed by atoms with van der Waals surface area (Å²) >= 11 is 0. The van der Waals surface area contributed by atoms with E-state index in [1.807, 2.05) is 0 Å². The number of hydrogen-bond acceptors (Lipinski definition) is 2. The maximum Gasteiger partial charge on any atom is 0.0546 e.